The summed E-state index contributed by atoms with van der Waals surface area (Å²) in [5.41, 5.74) is 2.72. The molecule has 0 fully saturated rings. The number of carbonyl (C=O) groups is 1. The average Bonchev–Trinajstić information content (AvgIpc) is 2.77. The summed E-state index contributed by atoms with van der Waals surface area (Å²) in [5.74, 6) is -0.951. The van der Waals surface area contributed by atoms with Gasteiger partial charge in [0.05, 0.1) is 17.6 Å². The molecule has 0 aliphatic carbocycles. The molecule has 0 amide bonds. The molecule has 0 saturated heterocycles. The summed E-state index contributed by atoms with van der Waals surface area (Å²) in [6, 6.07) is 5.59. The molecular formula is C14H15ClN2O2. The van der Waals surface area contributed by atoms with E-state index in [4.69, 9.17) is 11.6 Å². The minimum absolute atomic E-state index is 0.249. The normalized spacial score (nSPS) is 10.7. The van der Waals surface area contributed by atoms with E-state index in [9.17, 15) is 9.90 Å². The van der Waals surface area contributed by atoms with Crippen LogP contribution in [0.5, 0.6) is 0 Å². The molecule has 0 spiro atoms. The highest BCUT2D eigenvalue weighted by Crippen LogP contribution is 2.22. The topological polar surface area (TPSA) is 55.1 Å². The third-order valence-electron chi connectivity index (χ3n) is 2.99. The maximum Gasteiger partial charge on any atom is 0.339 e. The first-order chi connectivity index (χ1) is 9.04. The van der Waals surface area contributed by atoms with Crippen LogP contribution in [-0.2, 0) is 6.42 Å². The summed E-state index contributed by atoms with van der Waals surface area (Å²) < 4.78 is 1.65. The van der Waals surface area contributed by atoms with Gasteiger partial charge in [0.2, 0.25) is 0 Å². The predicted octanol–water partition coefficient (Wildman–Crippen LogP) is 3.48. The van der Waals surface area contributed by atoms with Gasteiger partial charge in [0.15, 0.2) is 0 Å². The fourth-order valence-electron chi connectivity index (χ4n) is 1.97. The molecule has 19 heavy (non-hydrogen) atoms. The number of nitrogens with zero attached hydrogens (tertiary/aromatic N) is 2. The zero-order chi connectivity index (χ0) is 14.0. The van der Waals surface area contributed by atoms with Gasteiger partial charge >= 0.3 is 5.97 Å². The number of benzene rings is 1. The van der Waals surface area contributed by atoms with Crippen molar-refractivity contribution in [3.63, 3.8) is 0 Å². The van der Waals surface area contributed by atoms with Crippen molar-refractivity contribution >= 4 is 17.6 Å². The molecule has 4 nitrogen and oxygen atoms in total. The molecule has 0 aliphatic rings. The van der Waals surface area contributed by atoms with Crippen LogP contribution in [0.3, 0.4) is 0 Å². The zero-order valence-corrected chi connectivity index (χ0v) is 11.6. The van der Waals surface area contributed by atoms with Gasteiger partial charge in [-0.15, -0.1) is 0 Å². The molecule has 1 aromatic carbocycles. The van der Waals surface area contributed by atoms with Crippen LogP contribution in [-0.4, -0.2) is 20.9 Å². The molecule has 0 bridgehead atoms. The van der Waals surface area contributed by atoms with E-state index in [0.29, 0.717) is 17.1 Å². The Kier molecular flexibility index (Phi) is 3.90. The van der Waals surface area contributed by atoms with Gasteiger partial charge in [0.25, 0.3) is 0 Å². The van der Waals surface area contributed by atoms with Crippen LogP contribution in [0.2, 0.25) is 5.02 Å². The highest BCUT2D eigenvalue weighted by molar-refractivity contribution is 6.31. The number of rotatable bonds is 4. The molecule has 0 saturated carbocycles. The van der Waals surface area contributed by atoms with Crippen molar-refractivity contribution in [2.24, 2.45) is 0 Å². The van der Waals surface area contributed by atoms with Crippen molar-refractivity contribution in [2.75, 3.05) is 0 Å². The van der Waals surface area contributed by atoms with Crippen molar-refractivity contribution < 1.29 is 9.90 Å². The van der Waals surface area contributed by atoms with Gasteiger partial charge in [-0.3, -0.25) is 0 Å². The molecule has 1 aromatic heterocycles. The van der Waals surface area contributed by atoms with Crippen LogP contribution in [0.1, 0.15) is 35.0 Å². The summed E-state index contributed by atoms with van der Waals surface area (Å²) in [7, 11) is 0. The fourth-order valence-corrected chi connectivity index (χ4v) is 2.14. The second kappa shape index (κ2) is 5.45. The van der Waals surface area contributed by atoms with Crippen LogP contribution < -0.4 is 0 Å². The third kappa shape index (κ3) is 2.63. The van der Waals surface area contributed by atoms with Gasteiger partial charge in [0, 0.05) is 5.02 Å². The predicted molar refractivity (Wildman–Crippen MR) is 74.3 cm³/mol. The summed E-state index contributed by atoms with van der Waals surface area (Å²) in [5, 5.41) is 14.0. The van der Waals surface area contributed by atoms with Gasteiger partial charge in [-0.2, -0.15) is 5.10 Å². The lowest BCUT2D eigenvalue weighted by atomic mass is 10.1. The number of carboxylic acid groups (broad SMARTS) is 1. The first kappa shape index (κ1) is 13.6. The highest BCUT2D eigenvalue weighted by atomic mass is 35.5. The molecule has 1 N–H and O–H groups in total. The summed E-state index contributed by atoms with van der Waals surface area (Å²) in [6.45, 7) is 3.93. The Morgan fingerprint density at radius 1 is 1.47 bits per heavy atom. The van der Waals surface area contributed by atoms with Crippen molar-refractivity contribution in [1.29, 1.82) is 0 Å². The van der Waals surface area contributed by atoms with E-state index in [1.807, 2.05) is 26.0 Å². The van der Waals surface area contributed by atoms with E-state index in [1.54, 1.807) is 10.7 Å². The molecule has 100 valence electrons. The van der Waals surface area contributed by atoms with E-state index in [0.717, 1.165) is 17.7 Å². The summed E-state index contributed by atoms with van der Waals surface area (Å²) >= 11 is 6.11. The summed E-state index contributed by atoms with van der Waals surface area (Å²) in [4.78, 5) is 11.2. The van der Waals surface area contributed by atoms with Crippen molar-refractivity contribution in [3.05, 3.63) is 46.2 Å². The second-order valence-electron chi connectivity index (χ2n) is 4.41. The maximum atomic E-state index is 11.2. The Morgan fingerprint density at radius 2 is 2.21 bits per heavy atom. The van der Waals surface area contributed by atoms with Crippen LogP contribution in [0.15, 0.2) is 24.4 Å². The van der Waals surface area contributed by atoms with E-state index in [-0.39, 0.29) is 5.56 Å². The molecule has 1 heterocycles. The van der Waals surface area contributed by atoms with Crippen LogP contribution in [0, 0.1) is 6.92 Å². The Labute approximate surface area is 116 Å². The molecule has 5 heteroatoms. The minimum atomic E-state index is -0.951. The standard InChI is InChI=1S/C14H15ClN2O2/c1-3-4-13-11(14(18)19)8-16-17(13)10-6-5-9(2)12(15)7-10/h5-8H,3-4H2,1-2H3,(H,18,19). The van der Waals surface area contributed by atoms with E-state index in [1.165, 1.54) is 6.20 Å². The smallest absolute Gasteiger partial charge is 0.339 e. The quantitative estimate of drug-likeness (QED) is 0.931. The number of aromatic carboxylic acids is 1. The fraction of sp³-hybridized carbons (Fsp3) is 0.286. The van der Waals surface area contributed by atoms with Crippen LogP contribution in [0.4, 0.5) is 0 Å². The third-order valence-corrected chi connectivity index (χ3v) is 3.39. The van der Waals surface area contributed by atoms with E-state index < -0.39 is 5.97 Å². The van der Waals surface area contributed by atoms with Gasteiger partial charge in [0.1, 0.15) is 5.56 Å². The molecule has 2 rings (SSSR count). The molecule has 2 aromatic rings. The Morgan fingerprint density at radius 3 is 2.79 bits per heavy atom. The average molecular weight is 279 g/mol. The lowest BCUT2D eigenvalue weighted by Gasteiger charge is -2.09. The Bertz CT molecular complexity index is 620. The highest BCUT2D eigenvalue weighted by Gasteiger charge is 2.17. The van der Waals surface area contributed by atoms with Crippen molar-refractivity contribution in [3.8, 4) is 5.69 Å². The Balaban J connectivity index is 2.55. The molecule has 0 aliphatic heterocycles. The zero-order valence-electron chi connectivity index (χ0n) is 10.9. The van der Waals surface area contributed by atoms with Gasteiger partial charge < -0.3 is 5.11 Å². The number of aryl methyl sites for hydroxylation is 1. The largest absolute Gasteiger partial charge is 0.478 e. The maximum absolute atomic E-state index is 11.2. The van der Waals surface area contributed by atoms with Crippen molar-refractivity contribution in [2.45, 2.75) is 26.7 Å². The lowest BCUT2D eigenvalue weighted by Crippen LogP contribution is -2.06. The van der Waals surface area contributed by atoms with Gasteiger partial charge in [-0.05, 0) is 31.0 Å². The second-order valence-corrected chi connectivity index (χ2v) is 4.81. The molecule has 0 radical (unpaired) electrons. The van der Waals surface area contributed by atoms with Gasteiger partial charge in [-0.25, -0.2) is 9.48 Å². The number of aromatic nitrogens is 2. The number of halogens is 1. The monoisotopic (exact) mass is 278 g/mol. The first-order valence-corrected chi connectivity index (χ1v) is 6.49. The molecule has 0 unspecified atom stereocenters. The van der Waals surface area contributed by atoms with Crippen LogP contribution >= 0.6 is 11.6 Å². The minimum Gasteiger partial charge on any atom is -0.478 e. The molecule has 0 atom stereocenters. The number of hydrogen-bond acceptors (Lipinski definition) is 2. The van der Waals surface area contributed by atoms with Gasteiger partial charge in [-0.1, -0.05) is 31.0 Å². The molecular weight excluding hydrogens is 264 g/mol. The first-order valence-electron chi connectivity index (χ1n) is 6.11. The van der Waals surface area contributed by atoms with Crippen LogP contribution in [0.25, 0.3) is 5.69 Å². The lowest BCUT2D eigenvalue weighted by molar-refractivity contribution is 0.0695. The van der Waals surface area contributed by atoms with E-state index >= 15 is 0 Å². The SMILES string of the molecule is CCCc1c(C(=O)O)cnn1-c1ccc(C)c(Cl)c1. The van der Waals surface area contributed by atoms with Crippen molar-refractivity contribution in [1.82, 2.24) is 9.78 Å². The number of carboxylic acids is 1. The Hall–Kier alpha value is -1.81. The van der Waals surface area contributed by atoms with E-state index in [2.05, 4.69) is 5.10 Å². The summed E-state index contributed by atoms with van der Waals surface area (Å²) in [6.07, 6.45) is 2.90. The number of hydrogen-bond donors (Lipinski definition) is 1.